The molecule has 0 radical (unpaired) electrons. The molecular formula is C23H21Cl2FN6O3. The van der Waals surface area contributed by atoms with Gasteiger partial charge in [-0.15, -0.1) is 0 Å². The number of imidazole rings is 2. The zero-order valence-corrected chi connectivity index (χ0v) is 20.7. The molecule has 182 valence electrons. The van der Waals surface area contributed by atoms with Crippen molar-refractivity contribution in [2.75, 3.05) is 20.8 Å². The zero-order chi connectivity index (χ0) is 24.7. The Balaban J connectivity index is 1.64. The van der Waals surface area contributed by atoms with E-state index in [0.29, 0.717) is 64.7 Å². The Morgan fingerprint density at radius 2 is 1.86 bits per heavy atom. The number of benzene rings is 1. The number of ether oxygens (including phenoxy) is 3. The van der Waals surface area contributed by atoms with Crippen LogP contribution in [0.2, 0.25) is 5.02 Å². The van der Waals surface area contributed by atoms with Crippen LogP contribution in [-0.4, -0.2) is 50.3 Å². The molecule has 0 unspecified atom stereocenters. The van der Waals surface area contributed by atoms with Gasteiger partial charge in [-0.05, 0) is 19.4 Å². The van der Waals surface area contributed by atoms with Crippen molar-refractivity contribution in [2.45, 2.75) is 26.2 Å². The predicted molar refractivity (Wildman–Crippen MR) is 130 cm³/mol. The lowest BCUT2D eigenvalue weighted by Crippen LogP contribution is -2.05. The van der Waals surface area contributed by atoms with Crippen LogP contribution in [0, 0.1) is 5.95 Å². The minimum Gasteiger partial charge on any atom is -0.493 e. The summed E-state index contributed by atoms with van der Waals surface area (Å²) in [4.78, 5) is 20.8. The molecule has 0 bridgehead atoms. The van der Waals surface area contributed by atoms with E-state index in [4.69, 9.17) is 37.4 Å². The number of hydrogen-bond donors (Lipinski definition) is 1. The van der Waals surface area contributed by atoms with Crippen molar-refractivity contribution < 1.29 is 18.6 Å². The minimum atomic E-state index is -0.767. The van der Waals surface area contributed by atoms with Gasteiger partial charge >= 0.3 is 0 Å². The van der Waals surface area contributed by atoms with Gasteiger partial charge in [-0.3, -0.25) is 4.40 Å². The first-order valence-electron chi connectivity index (χ1n) is 10.8. The van der Waals surface area contributed by atoms with Gasteiger partial charge in [0.05, 0.1) is 37.2 Å². The standard InChI is InChI=1S/C23H21Cl2FN6O3/c1-4-35-23-22-27-11(7-18-28-14-5-6-17(25)29-21(14)30-18)10-32(22)19(20(26)31-23)12-8-15(33-2)16(34-3)9-13(12)24/h8-10H,4-7H2,1-3H3,(H,28,30). The number of nitrogens with zero attached hydrogens (tertiary/aromatic N) is 5. The highest BCUT2D eigenvalue weighted by Crippen LogP contribution is 2.40. The molecule has 1 aliphatic rings. The summed E-state index contributed by atoms with van der Waals surface area (Å²) in [5.74, 6) is 1.39. The highest BCUT2D eigenvalue weighted by atomic mass is 35.5. The van der Waals surface area contributed by atoms with Crippen molar-refractivity contribution in [1.29, 1.82) is 0 Å². The molecule has 35 heavy (non-hydrogen) atoms. The number of hydrogen-bond acceptors (Lipinski definition) is 7. The maximum absolute atomic E-state index is 15.4. The van der Waals surface area contributed by atoms with E-state index in [1.807, 2.05) is 0 Å². The van der Waals surface area contributed by atoms with Crippen molar-refractivity contribution in [1.82, 2.24) is 24.3 Å². The first-order valence-corrected chi connectivity index (χ1v) is 11.6. The Bertz CT molecular complexity index is 1470. The Morgan fingerprint density at radius 3 is 2.60 bits per heavy atom. The lowest BCUT2D eigenvalue weighted by atomic mass is 10.1. The number of H-pyrrole nitrogens is 1. The first-order chi connectivity index (χ1) is 16.9. The number of rotatable bonds is 7. The molecule has 0 aliphatic carbocycles. The van der Waals surface area contributed by atoms with Crippen LogP contribution in [0.15, 0.2) is 23.3 Å². The number of nitrogens with one attached hydrogen (secondary N) is 1. The van der Waals surface area contributed by atoms with Crippen LogP contribution >= 0.6 is 23.2 Å². The second kappa shape index (κ2) is 9.35. The number of fused-ring (bicyclic) bond motifs is 2. The van der Waals surface area contributed by atoms with Crippen LogP contribution in [0.4, 0.5) is 10.2 Å². The highest BCUT2D eigenvalue weighted by Gasteiger charge is 2.24. The summed E-state index contributed by atoms with van der Waals surface area (Å²) in [6.45, 7) is 2.09. The number of halogens is 3. The average Bonchev–Trinajstić information content (AvgIpc) is 3.43. The van der Waals surface area contributed by atoms with Gasteiger partial charge in [0.2, 0.25) is 11.6 Å². The fraction of sp³-hybridized carbons (Fsp3) is 0.304. The van der Waals surface area contributed by atoms with Gasteiger partial charge in [0, 0.05) is 30.7 Å². The third-order valence-electron chi connectivity index (χ3n) is 5.56. The molecule has 4 aromatic rings. The second-order valence-corrected chi connectivity index (χ2v) is 8.60. The van der Waals surface area contributed by atoms with E-state index in [-0.39, 0.29) is 16.6 Å². The summed E-state index contributed by atoms with van der Waals surface area (Å²) in [6, 6.07) is 3.16. The van der Waals surface area contributed by atoms with Crippen LogP contribution in [0.5, 0.6) is 17.4 Å². The van der Waals surface area contributed by atoms with Crippen molar-refractivity contribution in [3.63, 3.8) is 0 Å². The van der Waals surface area contributed by atoms with E-state index < -0.39 is 5.95 Å². The molecule has 9 nitrogen and oxygen atoms in total. The number of aryl methyl sites for hydroxylation is 1. The van der Waals surface area contributed by atoms with E-state index in [0.717, 1.165) is 12.1 Å². The fourth-order valence-electron chi connectivity index (χ4n) is 4.01. The van der Waals surface area contributed by atoms with Gasteiger partial charge in [0.15, 0.2) is 17.3 Å². The van der Waals surface area contributed by atoms with Crippen LogP contribution in [0.25, 0.3) is 16.9 Å². The Morgan fingerprint density at radius 1 is 1.09 bits per heavy atom. The summed E-state index contributed by atoms with van der Waals surface area (Å²) in [6.07, 6.45) is 3.47. The van der Waals surface area contributed by atoms with Crippen LogP contribution in [0.1, 0.15) is 30.6 Å². The fourth-order valence-corrected chi connectivity index (χ4v) is 4.43. The summed E-state index contributed by atoms with van der Waals surface area (Å²) < 4.78 is 33.2. The van der Waals surface area contributed by atoms with Gasteiger partial charge in [0.1, 0.15) is 16.7 Å². The lowest BCUT2D eigenvalue weighted by molar-refractivity contribution is 0.323. The van der Waals surface area contributed by atoms with Crippen molar-refractivity contribution in [2.24, 2.45) is 4.99 Å². The molecule has 0 saturated heterocycles. The summed E-state index contributed by atoms with van der Waals surface area (Å²) in [5, 5.41) is 0.792. The normalized spacial score (nSPS) is 13.0. The quantitative estimate of drug-likeness (QED) is 0.364. The molecule has 1 aromatic carbocycles. The summed E-state index contributed by atoms with van der Waals surface area (Å²) >= 11 is 12.6. The molecular weight excluding hydrogens is 498 g/mol. The maximum Gasteiger partial charge on any atom is 0.261 e. The van der Waals surface area contributed by atoms with Crippen molar-refractivity contribution in [3.05, 3.63) is 46.5 Å². The number of aliphatic imine (C=N–C) groups is 1. The molecule has 0 saturated carbocycles. The average molecular weight is 519 g/mol. The molecule has 4 heterocycles. The number of aromatic amines is 1. The summed E-state index contributed by atoms with van der Waals surface area (Å²) in [7, 11) is 2.99. The topological polar surface area (TPSA) is 98.9 Å². The highest BCUT2D eigenvalue weighted by molar-refractivity contribution is 6.65. The molecule has 0 fully saturated rings. The molecule has 3 aromatic heterocycles. The summed E-state index contributed by atoms with van der Waals surface area (Å²) in [5.41, 5.74) is 2.37. The van der Waals surface area contributed by atoms with E-state index in [1.54, 1.807) is 29.7 Å². The van der Waals surface area contributed by atoms with Crippen molar-refractivity contribution in [3.8, 4) is 28.6 Å². The molecule has 1 N–H and O–H groups in total. The van der Waals surface area contributed by atoms with Gasteiger partial charge < -0.3 is 19.2 Å². The predicted octanol–water partition coefficient (Wildman–Crippen LogP) is 5.13. The third-order valence-corrected chi connectivity index (χ3v) is 6.14. The number of methoxy groups -OCH3 is 2. The molecule has 0 spiro atoms. The zero-order valence-electron chi connectivity index (χ0n) is 19.2. The molecule has 0 atom stereocenters. The Labute approximate surface area is 209 Å². The third kappa shape index (κ3) is 4.28. The first kappa shape index (κ1) is 23.4. The Hall–Kier alpha value is -3.37. The van der Waals surface area contributed by atoms with E-state index in [1.165, 1.54) is 14.2 Å². The largest absolute Gasteiger partial charge is 0.493 e. The molecule has 0 amide bonds. The van der Waals surface area contributed by atoms with Gasteiger partial charge in [-0.1, -0.05) is 23.2 Å². The Kier molecular flexibility index (Phi) is 6.24. The molecule has 5 rings (SSSR count). The molecule has 12 heteroatoms. The van der Waals surface area contributed by atoms with Crippen LogP contribution in [-0.2, 0) is 12.8 Å². The van der Waals surface area contributed by atoms with Crippen molar-refractivity contribution >= 4 is 39.8 Å². The minimum absolute atomic E-state index is 0.0757. The molecule has 1 aliphatic heterocycles. The van der Waals surface area contributed by atoms with Gasteiger partial charge in [-0.25, -0.2) is 15.0 Å². The monoisotopic (exact) mass is 518 g/mol. The van der Waals surface area contributed by atoms with Gasteiger partial charge in [-0.2, -0.15) is 9.37 Å². The van der Waals surface area contributed by atoms with Crippen LogP contribution in [0.3, 0.4) is 0 Å². The van der Waals surface area contributed by atoms with E-state index >= 15 is 4.39 Å². The maximum atomic E-state index is 15.4. The van der Waals surface area contributed by atoms with Gasteiger partial charge in [0.25, 0.3) is 5.88 Å². The smallest absolute Gasteiger partial charge is 0.261 e. The lowest BCUT2D eigenvalue weighted by Gasteiger charge is -2.14. The second-order valence-electron chi connectivity index (χ2n) is 7.75. The SMILES string of the molecule is CCOc1nc(F)c(-c2cc(OC)c(OC)cc2Cl)n2cc(Cc3nc4c([nH]3)CCC(Cl)=N4)nc12. The van der Waals surface area contributed by atoms with E-state index in [2.05, 4.69) is 24.9 Å². The van der Waals surface area contributed by atoms with E-state index in [9.17, 15) is 0 Å². The van der Waals surface area contributed by atoms with Crippen LogP contribution < -0.4 is 14.2 Å². The number of aromatic nitrogens is 5.